The maximum absolute atomic E-state index is 12.6. The monoisotopic (exact) mass is 225 g/mol. The van der Waals surface area contributed by atoms with Crippen LogP contribution >= 0.6 is 0 Å². The van der Waals surface area contributed by atoms with E-state index < -0.39 is 23.5 Å². The van der Waals surface area contributed by atoms with Gasteiger partial charge in [-0.1, -0.05) is 6.92 Å². The minimum atomic E-state index is -2.86. The summed E-state index contributed by atoms with van der Waals surface area (Å²) in [5, 5.41) is 17.5. The topological polar surface area (TPSA) is 61.1 Å². The van der Waals surface area contributed by atoms with Crippen molar-refractivity contribution in [2.45, 2.75) is 19.8 Å². The number of nitriles is 1. The molecule has 0 atom stereocenters. The molecule has 0 bridgehead atoms. The van der Waals surface area contributed by atoms with Crippen molar-refractivity contribution in [2.75, 3.05) is 0 Å². The Morgan fingerprint density at radius 2 is 2.19 bits per heavy atom. The van der Waals surface area contributed by atoms with Gasteiger partial charge in [-0.25, -0.2) is 13.6 Å². The van der Waals surface area contributed by atoms with Crippen LogP contribution in [-0.4, -0.2) is 11.1 Å². The standard InChI is InChI=1S/C11H9F2NO2/c1-2-6-3-8(10(12)13)9(11(15)16)4-7(6)5-14/h3-4,10H,2H2,1H3,(H,15,16). The molecule has 0 aromatic heterocycles. The fourth-order valence-corrected chi connectivity index (χ4v) is 1.43. The van der Waals surface area contributed by atoms with E-state index in [-0.39, 0.29) is 5.56 Å². The van der Waals surface area contributed by atoms with Gasteiger partial charge in [0.1, 0.15) is 0 Å². The van der Waals surface area contributed by atoms with Gasteiger partial charge in [0, 0.05) is 5.56 Å². The number of alkyl halides is 2. The molecule has 3 nitrogen and oxygen atoms in total. The summed E-state index contributed by atoms with van der Waals surface area (Å²) in [6.45, 7) is 1.71. The van der Waals surface area contributed by atoms with Gasteiger partial charge in [0.2, 0.25) is 0 Å². The molecule has 5 heteroatoms. The Bertz CT molecular complexity index is 464. The number of benzene rings is 1. The van der Waals surface area contributed by atoms with Gasteiger partial charge in [-0.3, -0.25) is 0 Å². The third-order valence-corrected chi connectivity index (χ3v) is 2.24. The molecule has 0 aliphatic rings. The molecule has 0 spiro atoms. The van der Waals surface area contributed by atoms with Crippen molar-refractivity contribution < 1.29 is 18.7 Å². The third kappa shape index (κ3) is 2.16. The van der Waals surface area contributed by atoms with Crippen LogP contribution in [0.2, 0.25) is 0 Å². The Kier molecular flexibility index (Phi) is 3.56. The molecule has 0 fully saturated rings. The molecule has 0 aliphatic carbocycles. The van der Waals surface area contributed by atoms with Crippen molar-refractivity contribution in [2.24, 2.45) is 0 Å². The molecule has 1 N–H and O–H groups in total. The molecule has 0 radical (unpaired) electrons. The summed E-state index contributed by atoms with van der Waals surface area (Å²) < 4.78 is 25.2. The van der Waals surface area contributed by atoms with E-state index in [0.29, 0.717) is 12.0 Å². The normalized spacial score (nSPS) is 10.2. The van der Waals surface area contributed by atoms with Crippen molar-refractivity contribution in [1.82, 2.24) is 0 Å². The Labute approximate surface area is 90.9 Å². The molecule has 0 amide bonds. The number of halogens is 2. The highest BCUT2D eigenvalue weighted by atomic mass is 19.3. The first-order valence-electron chi connectivity index (χ1n) is 4.59. The number of nitrogens with zero attached hydrogens (tertiary/aromatic N) is 1. The van der Waals surface area contributed by atoms with Crippen LogP contribution in [0.25, 0.3) is 0 Å². The zero-order valence-electron chi connectivity index (χ0n) is 8.50. The number of aromatic carboxylic acids is 1. The van der Waals surface area contributed by atoms with E-state index in [9.17, 15) is 13.6 Å². The first-order valence-corrected chi connectivity index (χ1v) is 4.59. The molecule has 0 unspecified atom stereocenters. The van der Waals surface area contributed by atoms with Crippen LogP contribution in [0.4, 0.5) is 8.78 Å². The summed E-state index contributed by atoms with van der Waals surface area (Å²) in [5.41, 5.74) is -0.487. The van der Waals surface area contributed by atoms with Gasteiger partial charge in [-0.2, -0.15) is 5.26 Å². The molecule has 1 aromatic rings. The number of hydrogen-bond acceptors (Lipinski definition) is 2. The summed E-state index contributed by atoms with van der Waals surface area (Å²) >= 11 is 0. The van der Waals surface area contributed by atoms with Crippen molar-refractivity contribution in [3.05, 3.63) is 34.4 Å². The zero-order chi connectivity index (χ0) is 12.3. The summed E-state index contributed by atoms with van der Waals surface area (Å²) in [5.74, 6) is -1.45. The van der Waals surface area contributed by atoms with Gasteiger partial charge in [0.25, 0.3) is 6.43 Å². The quantitative estimate of drug-likeness (QED) is 0.860. The summed E-state index contributed by atoms with van der Waals surface area (Å²) in [6.07, 6.45) is -2.45. The smallest absolute Gasteiger partial charge is 0.336 e. The molecular weight excluding hydrogens is 216 g/mol. The van der Waals surface area contributed by atoms with Crippen molar-refractivity contribution >= 4 is 5.97 Å². The summed E-state index contributed by atoms with van der Waals surface area (Å²) in [4.78, 5) is 10.8. The van der Waals surface area contributed by atoms with Crippen LogP contribution in [0.15, 0.2) is 12.1 Å². The van der Waals surface area contributed by atoms with E-state index in [0.717, 1.165) is 12.1 Å². The number of rotatable bonds is 3. The van der Waals surface area contributed by atoms with Gasteiger partial charge < -0.3 is 5.11 Å². The molecule has 84 valence electrons. The van der Waals surface area contributed by atoms with E-state index in [1.165, 1.54) is 0 Å². The van der Waals surface area contributed by atoms with Crippen LogP contribution in [0.3, 0.4) is 0 Å². The SMILES string of the molecule is CCc1cc(C(F)F)c(C(=O)O)cc1C#N. The molecule has 0 heterocycles. The second kappa shape index (κ2) is 4.71. The predicted molar refractivity (Wildman–Crippen MR) is 52.5 cm³/mol. The third-order valence-electron chi connectivity index (χ3n) is 2.24. The summed E-state index contributed by atoms with van der Waals surface area (Å²) in [6, 6.07) is 3.89. The van der Waals surface area contributed by atoms with Crippen LogP contribution in [0.5, 0.6) is 0 Å². The van der Waals surface area contributed by atoms with E-state index >= 15 is 0 Å². The van der Waals surface area contributed by atoms with Crippen molar-refractivity contribution in [3.63, 3.8) is 0 Å². The lowest BCUT2D eigenvalue weighted by atomic mass is 9.97. The zero-order valence-corrected chi connectivity index (χ0v) is 8.50. The number of carbonyl (C=O) groups is 1. The number of carboxylic acids is 1. The van der Waals surface area contributed by atoms with Crippen molar-refractivity contribution in [3.8, 4) is 6.07 Å². The predicted octanol–water partition coefficient (Wildman–Crippen LogP) is 2.76. The highest BCUT2D eigenvalue weighted by molar-refractivity contribution is 5.90. The largest absolute Gasteiger partial charge is 0.478 e. The van der Waals surface area contributed by atoms with Crippen LogP contribution in [0, 0.1) is 11.3 Å². The van der Waals surface area contributed by atoms with Gasteiger partial charge in [-0.15, -0.1) is 0 Å². The van der Waals surface area contributed by atoms with Gasteiger partial charge in [0.15, 0.2) is 0 Å². The average Bonchev–Trinajstić information content (AvgIpc) is 2.26. The van der Waals surface area contributed by atoms with E-state index in [1.807, 2.05) is 0 Å². The molecule has 0 saturated heterocycles. The lowest BCUT2D eigenvalue weighted by molar-refractivity contribution is 0.0684. The van der Waals surface area contributed by atoms with Crippen LogP contribution in [0.1, 0.15) is 40.4 Å². The molecule has 1 aromatic carbocycles. The molecule has 16 heavy (non-hydrogen) atoms. The maximum Gasteiger partial charge on any atom is 0.336 e. The highest BCUT2D eigenvalue weighted by Gasteiger charge is 2.20. The molecule has 0 aliphatic heterocycles. The van der Waals surface area contributed by atoms with Gasteiger partial charge in [-0.05, 0) is 24.1 Å². The first-order chi connectivity index (χ1) is 7.51. The Hall–Kier alpha value is -1.96. The Morgan fingerprint density at radius 3 is 2.56 bits per heavy atom. The second-order valence-electron chi connectivity index (χ2n) is 3.17. The average molecular weight is 225 g/mol. The van der Waals surface area contributed by atoms with Crippen LogP contribution < -0.4 is 0 Å². The number of aryl methyl sites for hydroxylation is 1. The fourth-order valence-electron chi connectivity index (χ4n) is 1.43. The molecular formula is C11H9F2NO2. The lowest BCUT2D eigenvalue weighted by Crippen LogP contribution is -2.05. The fraction of sp³-hybridized carbons (Fsp3) is 0.273. The Morgan fingerprint density at radius 1 is 1.56 bits per heavy atom. The molecule has 0 saturated carbocycles. The van der Waals surface area contributed by atoms with Gasteiger partial charge >= 0.3 is 5.97 Å². The minimum absolute atomic E-state index is 0.129. The van der Waals surface area contributed by atoms with E-state index in [2.05, 4.69) is 0 Å². The van der Waals surface area contributed by atoms with Gasteiger partial charge in [0.05, 0.1) is 17.2 Å². The lowest BCUT2D eigenvalue weighted by Gasteiger charge is -2.09. The van der Waals surface area contributed by atoms with Crippen molar-refractivity contribution in [1.29, 1.82) is 5.26 Å². The van der Waals surface area contributed by atoms with E-state index in [1.54, 1.807) is 13.0 Å². The first kappa shape index (κ1) is 12.1. The number of hydrogen-bond donors (Lipinski definition) is 1. The number of carboxylic acid groups (broad SMARTS) is 1. The Balaban J connectivity index is 3.49. The summed E-state index contributed by atoms with van der Waals surface area (Å²) in [7, 11) is 0. The second-order valence-corrected chi connectivity index (χ2v) is 3.17. The maximum atomic E-state index is 12.6. The van der Waals surface area contributed by atoms with Crippen LogP contribution in [-0.2, 0) is 6.42 Å². The van der Waals surface area contributed by atoms with E-state index in [4.69, 9.17) is 10.4 Å². The minimum Gasteiger partial charge on any atom is -0.478 e. The highest BCUT2D eigenvalue weighted by Crippen LogP contribution is 2.26. The molecule has 1 rings (SSSR count).